The predicted molar refractivity (Wildman–Crippen MR) is 96.6 cm³/mol. The van der Waals surface area contributed by atoms with Crippen LogP contribution >= 0.6 is 12.4 Å². The second-order valence-corrected chi connectivity index (χ2v) is 6.68. The predicted octanol–water partition coefficient (Wildman–Crippen LogP) is 1.18. The van der Waals surface area contributed by atoms with Gasteiger partial charge in [0, 0.05) is 24.1 Å². The third-order valence-corrected chi connectivity index (χ3v) is 4.84. The van der Waals surface area contributed by atoms with E-state index in [4.69, 9.17) is 0 Å². The van der Waals surface area contributed by atoms with E-state index in [1.165, 1.54) is 0 Å². The third kappa shape index (κ3) is 4.80. The molecule has 0 saturated carbocycles. The van der Waals surface area contributed by atoms with Gasteiger partial charge < -0.3 is 10.6 Å². The van der Waals surface area contributed by atoms with Crippen molar-refractivity contribution in [2.45, 2.75) is 44.7 Å². The summed E-state index contributed by atoms with van der Waals surface area (Å²) in [6.07, 6.45) is 2.82. The lowest BCUT2D eigenvalue weighted by atomic mass is 9.96. The number of piperidine rings is 1. The summed E-state index contributed by atoms with van der Waals surface area (Å²) in [7, 11) is 0. The van der Waals surface area contributed by atoms with Gasteiger partial charge >= 0.3 is 0 Å². The van der Waals surface area contributed by atoms with Gasteiger partial charge in [-0.2, -0.15) is 0 Å². The molecule has 0 aromatic heterocycles. The minimum atomic E-state index is -0.300. The molecule has 136 valence electrons. The van der Waals surface area contributed by atoms with Crippen LogP contribution in [0.4, 0.5) is 0 Å². The molecule has 2 aliphatic heterocycles. The van der Waals surface area contributed by atoms with E-state index >= 15 is 0 Å². The monoisotopic (exact) mass is 365 g/mol. The maximum absolute atomic E-state index is 12.4. The van der Waals surface area contributed by atoms with Crippen LogP contribution in [0.15, 0.2) is 24.3 Å². The number of carbonyl (C=O) groups is 3. The average molecular weight is 366 g/mol. The summed E-state index contributed by atoms with van der Waals surface area (Å²) in [6.45, 7) is 3.08. The van der Waals surface area contributed by atoms with E-state index < -0.39 is 0 Å². The van der Waals surface area contributed by atoms with Crippen molar-refractivity contribution in [3.8, 4) is 0 Å². The molecule has 2 aliphatic rings. The van der Waals surface area contributed by atoms with Crippen molar-refractivity contribution in [2.24, 2.45) is 5.92 Å². The van der Waals surface area contributed by atoms with Gasteiger partial charge in [-0.25, -0.2) is 0 Å². The topological polar surface area (TPSA) is 87.3 Å². The first-order chi connectivity index (χ1) is 11.5. The van der Waals surface area contributed by atoms with Crippen molar-refractivity contribution >= 4 is 30.1 Å². The zero-order valence-electron chi connectivity index (χ0n) is 14.2. The van der Waals surface area contributed by atoms with Crippen molar-refractivity contribution in [3.05, 3.63) is 35.4 Å². The Bertz CT molecular complexity index is 647. The van der Waals surface area contributed by atoms with Gasteiger partial charge in [-0.1, -0.05) is 12.1 Å². The number of amides is 3. The van der Waals surface area contributed by atoms with Gasteiger partial charge in [0.2, 0.25) is 11.8 Å². The highest BCUT2D eigenvalue weighted by atomic mass is 35.5. The molecule has 0 spiro atoms. The molecule has 3 amide bonds. The number of benzene rings is 1. The molecule has 6 nitrogen and oxygen atoms in total. The van der Waals surface area contributed by atoms with E-state index in [2.05, 4.69) is 22.9 Å². The van der Waals surface area contributed by atoms with Crippen LogP contribution in [0.2, 0.25) is 0 Å². The molecule has 25 heavy (non-hydrogen) atoms. The number of hydrogen-bond acceptors (Lipinski definition) is 4. The zero-order chi connectivity index (χ0) is 17.1. The molecule has 3 unspecified atom stereocenters. The summed E-state index contributed by atoms with van der Waals surface area (Å²) in [5.74, 6) is -0.793. The van der Waals surface area contributed by atoms with Crippen LogP contribution in [-0.2, 0) is 16.0 Å². The first-order valence-electron chi connectivity index (χ1n) is 8.50. The second-order valence-electron chi connectivity index (χ2n) is 6.68. The fourth-order valence-corrected chi connectivity index (χ4v) is 3.34. The first-order valence-corrected chi connectivity index (χ1v) is 8.50. The molecular formula is C18H24ClN3O3. The molecule has 3 atom stereocenters. The van der Waals surface area contributed by atoms with Crippen LogP contribution < -0.4 is 16.0 Å². The van der Waals surface area contributed by atoms with Crippen LogP contribution in [0.1, 0.15) is 42.1 Å². The Hall–Kier alpha value is -1.92. The summed E-state index contributed by atoms with van der Waals surface area (Å²) in [6, 6.07) is 7.70. The fourth-order valence-electron chi connectivity index (χ4n) is 3.34. The lowest BCUT2D eigenvalue weighted by Crippen LogP contribution is -2.51. The molecule has 0 radical (unpaired) electrons. The molecule has 1 aromatic rings. The van der Waals surface area contributed by atoms with Crippen LogP contribution in [0, 0.1) is 5.92 Å². The molecule has 0 aliphatic carbocycles. The Kier molecular flexibility index (Phi) is 6.56. The largest absolute Gasteiger partial charge is 0.348 e. The molecular weight excluding hydrogens is 342 g/mol. The molecule has 7 heteroatoms. The number of carbonyl (C=O) groups excluding carboxylic acids is 3. The Labute approximate surface area is 153 Å². The zero-order valence-corrected chi connectivity index (χ0v) is 15.0. The molecule has 0 bridgehead atoms. The van der Waals surface area contributed by atoms with E-state index in [1.807, 2.05) is 12.1 Å². The smallest absolute Gasteiger partial charge is 0.251 e. The van der Waals surface area contributed by atoms with Crippen molar-refractivity contribution in [1.82, 2.24) is 16.0 Å². The Morgan fingerprint density at radius 2 is 1.96 bits per heavy atom. The second kappa shape index (κ2) is 8.45. The summed E-state index contributed by atoms with van der Waals surface area (Å²) in [5, 5.41) is 8.76. The molecule has 2 fully saturated rings. The SMILES string of the molecule is CC1NCCCC1NC(=O)c1ccc(CC2CC(=O)NC2=O)cc1.Cl. The molecule has 2 saturated heterocycles. The van der Waals surface area contributed by atoms with E-state index in [1.54, 1.807) is 12.1 Å². The van der Waals surface area contributed by atoms with Gasteiger partial charge in [-0.05, 0) is 50.4 Å². The van der Waals surface area contributed by atoms with Crippen LogP contribution in [0.3, 0.4) is 0 Å². The van der Waals surface area contributed by atoms with Gasteiger partial charge in [-0.3, -0.25) is 19.7 Å². The van der Waals surface area contributed by atoms with Crippen molar-refractivity contribution in [2.75, 3.05) is 6.54 Å². The highest BCUT2D eigenvalue weighted by molar-refractivity contribution is 6.03. The van der Waals surface area contributed by atoms with E-state index in [-0.39, 0.29) is 54.6 Å². The van der Waals surface area contributed by atoms with Crippen molar-refractivity contribution < 1.29 is 14.4 Å². The van der Waals surface area contributed by atoms with Crippen molar-refractivity contribution in [3.63, 3.8) is 0 Å². The Morgan fingerprint density at radius 3 is 2.56 bits per heavy atom. The summed E-state index contributed by atoms with van der Waals surface area (Å²) < 4.78 is 0. The molecule has 2 heterocycles. The third-order valence-electron chi connectivity index (χ3n) is 4.84. The highest BCUT2D eigenvalue weighted by Crippen LogP contribution is 2.18. The Balaban J connectivity index is 0.00000225. The summed E-state index contributed by atoms with van der Waals surface area (Å²) in [5.41, 5.74) is 1.57. The van der Waals surface area contributed by atoms with Gasteiger partial charge in [0.25, 0.3) is 5.91 Å². The van der Waals surface area contributed by atoms with E-state index in [0.717, 1.165) is 24.9 Å². The van der Waals surface area contributed by atoms with Crippen LogP contribution in [0.5, 0.6) is 0 Å². The normalized spacial score (nSPS) is 25.9. The molecule has 3 N–H and O–H groups in total. The number of hydrogen-bond donors (Lipinski definition) is 3. The summed E-state index contributed by atoms with van der Waals surface area (Å²) >= 11 is 0. The van der Waals surface area contributed by atoms with Gasteiger partial charge in [-0.15, -0.1) is 12.4 Å². The molecule has 3 rings (SSSR count). The van der Waals surface area contributed by atoms with Crippen LogP contribution in [0.25, 0.3) is 0 Å². The highest BCUT2D eigenvalue weighted by Gasteiger charge is 2.30. The van der Waals surface area contributed by atoms with Gasteiger partial charge in [0.1, 0.15) is 0 Å². The first kappa shape index (κ1) is 19.4. The van der Waals surface area contributed by atoms with Gasteiger partial charge in [0.15, 0.2) is 0 Å². The number of imide groups is 1. The minimum absolute atomic E-state index is 0. The van der Waals surface area contributed by atoms with Crippen molar-refractivity contribution in [1.29, 1.82) is 0 Å². The maximum Gasteiger partial charge on any atom is 0.251 e. The number of nitrogens with one attached hydrogen (secondary N) is 3. The lowest BCUT2D eigenvalue weighted by Gasteiger charge is -2.30. The van der Waals surface area contributed by atoms with Crippen LogP contribution in [-0.4, -0.2) is 36.3 Å². The summed E-state index contributed by atoms with van der Waals surface area (Å²) in [4.78, 5) is 35.2. The minimum Gasteiger partial charge on any atom is -0.348 e. The maximum atomic E-state index is 12.4. The number of rotatable bonds is 4. The van der Waals surface area contributed by atoms with E-state index in [0.29, 0.717) is 12.0 Å². The average Bonchev–Trinajstić information content (AvgIpc) is 2.88. The standard InChI is InChI=1S/C18H23N3O3.ClH/c1-11-15(3-2-8-19-11)20-17(23)13-6-4-12(5-7-13)9-14-10-16(22)21-18(14)24;/h4-7,11,14-15,19H,2-3,8-10H2,1H3,(H,20,23)(H,21,22,24);1H. The quantitative estimate of drug-likeness (QED) is 0.699. The number of halogens is 1. The fraction of sp³-hybridized carbons (Fsp3) is 0.500. The molecule has 1 aromatic carbocycles. The van der Waals surface area contributed by atoms with E-state index in [9.17, 15) is 14.4 Å². The Morgan fingerprint density at radius 1 is 1.24 bits per heavy atom. The van der Waals surface area contributed by atoms with Gasteiger partial charge in [0.05, 0.1) is 5.92 Å². The lowest BCUT2D eigenvalue weighted by molar-refractivity contribution is -0.125.